The maximum Gasteiger partial charge on any atom is 0.336 e. The third-order valence-corrected chi connectivity index (χ3v) is 2.57. The molecule has 0 spiro atoms. The first-order valence-corrected chi connectivity index (χ1v) is 6.00. The molecule has 0 fully saturated rings. The normalized spacial score (nSPS) is 9.11. The van der Waals surface area contributed by atoms with Crippen molar-refractivity contribution < 1.29 is 14.7 Å². The number of rotatable bonds is 3. The van der Waals surface area contributed by atoms with Crippen LogP contribution in [0.4, 0.5) is 0 Å². The second-order valence-electron chi connectivity index (χ2n) is 3.85. The van der Waals surface area contributed by atoms with E-state index >= 15 is 0 Å². The highest BCUT2D eigenvalue weighted by molar-refractivity contribution is 5.96. The maximum absolute atomic E-state index is 10.4. The third-order valence-electron chi connectivity index (χ3n) is 2.57. The van der Waals surface area contributed by atoms with Gasteiger partial charge in [0.1, 0.15) is 0 Å². The molecule has 0 amide bonds. The van der Waals surface area contributed by atoms with Crippen LogP contribution >= 0.6 is 0 Å². The topological polar surface area (TPSA) is 54.4 Å². The van der Waals surface area contributed by atoms with Crippen LogP contribution in [0.15, 0.2) is 54.6 Å². The van der Waals surface area contributed by atoms with Gasteiger partial charge in [-0.3, -0.25) is 4.79 Å². The van der Waals surface area contributed by atoms with Crippen molar-refractivity contribution in [2.45, 2.75) is 13.3 Å². The van der Waals surface area contributed by atoms with Gasteiger partial charge < -0.3 is 5.11 Å². The van der Waals surface area contributed by atoms with Gasteiger partial charge in [-0.2, -0.15) is 0 Å². The molecule has 1 N–H and O–H groups in total. The molecule has 98 valence electrons. The van der Waals surface area contributed by atoms with Gasteiger partial charge in [0.2, 0.25) is 0 Å². The zero-order valence-corrected chi connectivity index (χ0v) is 10.7. The minimum Gasteiger partial charge on any atom is -0.478 e. The summed E-state index contributed by atoms with van der Waals surface area (Å²) in [6.07, 6.45) is 1.67. The molecule has 0 bridgehead atoms. The number of hydrogen-bond acceptors (Lipinski definition) is 2. The summed E-state index contributed by atoms with van der Waals surface area (Å²) in [6.45, 7) is 2.16. The Hall–Kier alpha value is -2.42. The van der Waals surface area contributed by atoms with Gasteiger partial charge in [-0.15, -0.1) is 0 Å². The van der Waals surface area contributed by atoms with Crippen molar-refractivity contribution in [3.8, 4) is 0 Å². The molecule has 3 heteroatoms. The van der Waals surface area contributed by atoms with E-state index in [1.807, 2.05) is 6.07 Å². The largest absolute Gasteiger partial charge is 0.478 e. The summed E-state index contributed by atoms with van der Waals surface area (Å²) in [5.41, 5.74) is 1.66. The lowest BCUT2D eigenvalue weighted by molar-refractivity contribution is 0.0694. The Kier molecular flexibility index (Phi) is 6.03. The summed E-state index contributed by atoms with van der Waals surface area (Å²) in [5, 5.41) is 8.54. The van der Waals surface area contributed by atoms with Crippen LogP contribution in [0, 0.1) is 0 Å². The number of carboxylic acid groups (broad SMARTS) is 1. The molecule has 2 rings (SSSR count). The lowest BCUT2D eigenvalue weighted by Gasteiger charge is -1.95. The molecule has 0 unspecified atom stereocenters. The van der Waals surface area contributed by atoms with E-state index in [1.54, 1.807) is 12.1 Å². The Labute approximate surface area is 112 Å². The summed E-state index contributed by atoms with van der Waals surface area (Å²) < 4.78 is 0. The Morgan fingerprint density at radius 2 is 1.63 bits per heavy atom. The fraction of sp³-hybridized carbons (Fsp3) is 0.125. The molecular formula is C16H16O3. The van der Waals surface area contributed by atoms with Crippen molar-refractivity contribution in [2.75, 3.05) is 0 Å². The number of aryl methyl sites for hydroxylation is 1. The van der Waals surface area contributed by atoms with Crippen LogP contribution in [0.2, 0.25) is 0 Å². The van der Waals surface area contributed by atoms with Crippen LogP contribution < -0.4 is 0 Å². The quantitative estimate of drug-likeness (QED) is 0.856. The summed E-state index contributed by atoms with van der Waals surface area (Å²) in [6, 6.07) is 16.5. The maximum atomic E-state index is 10.4. The minimum absolute atomic E-state index is 0.0440. The molecule has 0 aliphatic carbocycles. The lowest BCUT2D eigenvalue weighted by Crippen LogP contribution is -2.00. The molecule has 19 heavy (non-hydrogen) atoms. The van der Waals surface area contributed by atoms with E-state index in [1.165, 1.54) is 17.7 Å². The van der Waals surface area contributed by atoms with E-state index in [-0.39, 0.29) is 11.1 Å². The van der Waals surface area contributed by atoms with Gasteiger partial charge in [-0.25, -0.2) is 4.79 Å². The minimum atomic E-state index is -1.08. The number of carbonyl (C=O) groups excluding carboxylic acids is 1. The number of carboxylic acids is 1. The third kappa shape index (κ3) is 4.76. The van der Waals surface area contributed by atoms with E-state index in [0.717, 1.165) is 6.42 Å². The fourth-order valence-electron chi connectivity index (χ4n) is 1.51. The van der Waals surface area contributed by atoms with Gasteiger partial charge >= 0.3 is 5.97 Å². The summed E-state index contributed by atoms with van der Waals surface area (Å²) in [5.74, 6) is -1.08. The van der Waals surface area contributed by atoms with Crippen LogP contribution in [0.3, 0.4) is 0 Å². The number of aromatic carboxylic acids is 1. The molecule has 0 saturated heterocycles. The monoisotopic (exact) mass is 256 g/mol. The molecular weight excluding hydrogens is 240 g/mol. The standard InChI is InChI=1S/C8H6O3.C8H10/c9-5-6-3-1-2-4-7(6)8(10)11;1-2-8-6-4-3-5-7-8/h1-5H,(H,10,11);3-7H,2H2,1H3. The Bertz CT molecular complexity index is 533. The van der Waals surface area contributed by atoms with E-state index in [0.29, 0.717) is 6.29 Å². The van der Waals surface area contributed by atoms with Gasteiger partial charge in [-0.1, -0.05) is 55.5 Å². The molecule has 0 aliphatic heterocycles. The predicted molar refractivity (Wildman–Crippen MR) is 74.6 cm³/mol. The van der Waals surface area contributed by atoms with Crippen molar-refractivity contribution in [1.29, 1.82) is 0 Å². The molecule has 0 heterocycles. The molecule has 0 saturated carbocycles. The first kappa shape index (κ1) is 14.6. The van der Waals surface area contributed by atoms with Gasteiger partial charge in [0.05, 0.1) is 5.56 Å². The highest BCUT2D eigenvalue weighted by Crippen LogP contribution is 2.04. The first-order chi connectivity index (χ1) is 9.19. The van der Waals surface area contributed by atoms with E-state index in [2.05, 4.69) is 31.2 Å². The number of aldehydes is 1. The Morgan fingerprint density at radius 1 is 1.05 bits per heavy atom. The highest BCUT2D eigenvalue weighted by Gasteiger charge is 2.06. The number of benzene rings is 2. The van der Waals surface area contributed by atoms with Crippen LogP contribution in [0.5, 0.6) is 0 Å². The van der Waals surface area contributed by atoms with Crippen molar-refractivity contribution in [3.63, 3.8) is 0 Å². The molecule has 0 aromatic heterocycles. The molecule has 0 radical (unpaired) electrons. The second kappa shape index (κ2) is 7.82. The van der Waals surface area contributed by atoms with Gasteiger partial charge in [0, 0.05) is 5.56 Å². The first-order valence-electron chi connectivity index (χ1n) is 6.00. The fourth-order valence-corrected chi connectivity index (χ4v) is 1.51. The molecule has 2 aromatic rings. The van der Waals surface area contributed by atoms with Crippen LogP contribution in [0.25, 0.3) is 0 Å². The van der Waals surface area contributed by atoms with Crippen molar-refractivity contribution in [2.24, 2.45) is 0 Å². The van der Waals surface area contributed by atoms with Gasteiger partial charge in [0.15, 0.2) is 6.29 Å². The Morgan fingerprint density at radius 3 is 2.05 bits per heavy atom. The Balaban J connectivity index is 0.000000200. The van der Waals surface area contributed by atoms with Gasteiger partial charge in [0.25, 0.3) is 0 Å². The molecule has 0 atom stereocenters. The number of hydrogen-bond donors (Lipinski definition) is 1. The second-order valence-corrected chi connectivity index (χ2v) is 3.85. The average molecular weight is 256 g/mol. The smallest absolute Gasteiger partial charge is 0.336 e. The zero-order chi connectivity index (χ0) is 14.1. The van der Waals surface area contributed by atoms with E-state index < -0.39 is 5.97 Å². The molecule has 3 nitrogen and oxygen atoms in total. The van der Waals surface area contributed by atoms with E-state index in [4.69, 9.17) is 5.11 Å². The van der Waals surface area contributed by atoms with Crippen LogP contribution in [0.1, 0.15) is 33.2 Å². The van der Waals surface area contributed by atoms with Crippen molar-refractivity contribution >= 4 is 12.3 Å². The summed E-state index contributed by atoms with van der Waals surface area (Å²) >= 11 is 0. The summed E-state index contributed by atoms with van der Waals surface area (Å²) in [7, 11) is 0. The lowest BCUT2D eigenvalue weighted by atomic mass is 10.1. The predicted octanol–water partition coefficient (Wildman–Crippen LogP) is 3.45. The average Bonchev–Trinajstić information content (AvgIpc) is 2.48. The summed E-state index contributed by atoms with van der Waals surface area (Å²) in [4.78, 5) is 20.7. The van der Waals surface area contributed by atoms with Crippen molar-refractivity contribution in [3.05, 3.63) is 71.3 Å². The molecule has 0 aliphatic rings. The van der Waals surface area contributed by atoms with Gasteiger partial charge in [-0.05, 0) is 18.1 Å². The SMILES string of the molecule is CCc1ccccc1.O=Cc1ccccc1C(=O)O. The highest BCUT2D eigenvalue weighted by atomic mass is 16.4. The number of carbonyl (C=O) groups is 2. The van der Waals surface area contributed by atoms with Crippen LogP contribution in [-0.4, -0.2) is 17.4 Å². The van der Waals surface area contributed by atoms with Crippen LogP contribution in [-0.2, 0) is 6.42 Å². The van der Waals surface area contributed by atoms with Crippen molar-refractivity contribution in [1.82, 2.24) is 0 Å². The van der Waals surface area contributed by atoms with E-state index in [9.17, 15) is 9.59 Å². The molecule has 2 aromatic carbocycles. The zero-order valence-electron chi connectivity index (χ0n) is 10.7.